The molecule has 150 valence electrons. The molecule has 2 saturated carbocycles. The summed E-state index contributed by atoms with van der Waals surface area (Å²) in [7, 11) is 1.82. The molecule has 0 radical (unpaired) electrons. The largest absolute Gasteiger partial charge is 0.446 e. The standard InChI is InChI=1S/C19H26N6O3/c1-19(6-7-19)21-18(27)28-14-4-3-12(9-14)15-11-16(23-22-15)20-17(26)10-13-5-8-25(2)24-13/h5,8,11-12,14H,3-4,6-7,9-10H2,1-2H3,(H,21,27)(H2,20,22,23,26). The predicted octanol–water partition coefficient (Wildman–Crippen LogP) is 2.24. The van der Waals surface area contributed by atoms with Gasteiger partial charge in [0.2, 0.25) is 5.91 Å². The van der Waals surface area contributed by atoms with Crippen LogP contribution in [0.4, 0.5) is 10.6 Å². The molecule has 9 nitrogen and oxygen atoms in total. The molecular formula is C19H26N6O3. The summed E-state index contributed by atoms with van der Waals surface area (Å²) in [5.74, 6) is 0.581. The molecule has 28 heavy (non-hydrogen) atoms. The van der Waals surface area contributed by atoms with Crippen LogP contribution in [0.3, 0.4) is 0 Å². The lowest BCUT2D eigenvalue weighted by Gasteiger charge is -2.16. The molecule has 0 aromatic carbocycles. The first-order valence-electron chi connectivity index (χ1n) is 9.71. The van der Waals surface area contributed by atoms with Crippen LogP contribution >= 0.6 is 0 Å². The molecule has 0 aliphatic heterocycles. The van der Waals surface area contributed by atoms with Crippen LogP contribution in [-0.2, 0) is 23.0 Å². The Bertz CT molecular complexity index is 869. The third-order valence-corrected chi connectivity index (χ3v) is 5.48. The lowest BCUT2D eigenvalue weighted by molar-refractivity contribution is -0.115. The predicted molar refractivity (Wildman–Crippen MR) is 102 cm³/mol. The number of aryl methyl sites for hydroxylation is 1. The zero-order chi connectivity index (χ0) is 19.7. The SMILES string of the molecule is Cn1ccc(CC(=O)Nc2cc(C3CCC(OC(=O)NC4(C)CC4)C3)[nH]n2)n1. The summed E-state index contributed by atoms with van der Waals surface area (Å²) < 4.78 is 7.22. The number of hydrogen-bond acceptors (Lipinski definition) is 5. The molecule has 2 atom stereocenters. The minimum atomic E-state index is -0.322. The van der Waals surface area contributed by atoms with Crippen LogP contribution in [0.2, 0.25) is 0 Å². The molecule has 2 fully saturated rings. The summed E-state index contributed by atoms with van der Waals surface area (Å²) in [6.45, 7) is 2.03. The average Bonchev–Trinajstić information content (AvgIpc) is 3.05. The van der Waals surface area contributed by atoms with Gasteiger partial charge < -0.3 is 15.4 Å². The second-order valence-corrected chi connectivity index (χ2v) is 8.14. The van der Waals surface area contributed by atoms with Gasteiger partial charge in [-0.05, 0) is 45.1 Å². The minimum Gasteiger partial charge on any atom is -0.446 e. The molecule has 2 amide bonds. The Hall–Kier alpha value is -2.84. The molecular weight excluding hydrogens is 360 g/mol. The van der Waals surface area contributed by atoms with Gasteiger partial charge in [0.25, 0.3) is 0 Å². The van der Waals surface area contributed by atoms with Gasteiger partial charge in [0, 0.05) is 36.5 Å². The maximum absolute atomic E-state index is 12.1. The van der Waals surface area contributed by atoms with Crippen molar-refractivity contribution in [2.24, 2.45) is 7.05 Å². The van der Waals surface area contributed by atoms with Gasteiger partial charge in [-0.15, -0.1) is 0 Å². The Morgan fingerprint density at radius 1 is 1.39 bits per heavy atom. The van der Waals surface area contributed by atoms with Gasteiger partial charge in [-0.1, -0.05) is 0 Å². The summed E-state index contributed by atoms with van der Waals surface area (Å²) in [6.07, 6.45) is 6.13. The first kappa shape index (κ1) is 18.5. The van der Waals surface area contributed by atoms with Crippen molar-refractivity contribution in [3.63, 3.8) is 0 Å². The number of ether oxygens (including phenoxy) is 1. The third-order valence-electron chi connectivity index (χ3n) is 5.48. The fourth-order valence-electron chi connectivity index (χ4n) is 3.59. The topological polar surface area (TPSA) is 114 Å². The molecule has 0 spiro atoms. The summed E-state index contributed by atoms with van der Waals surface area (Å²) in [4.78, 5) is 24.1. The Morgan fingerprint density at radius 3 is 2.93 bits per heavy atom. The first-order chi connectivity index (χ1) is 13.4. The average molecular weight is 386 g/mol. The number of alkyl carbamates (subject to hydrolysis) is 1. The highest BCUT2D eigenvalue weighted by Crippen LogP contribution is 2.37. The van der Waals surface area contributed by atoms with Gasteiger partial charge in [0.15, 0.2) is 5.82 Å². The fourth-order valence-corrected chi connectivity index (χ4v) is 3.59. The van der Waals surface area contributed by atoms with E-state index in [1.165, 1.54) is 0 Å². The van der Waals surface area contributed by atoms with Crippen molar-refractivity contribution in [1.82, 2.24) is 25.3 Å². The number of aromatic nitrogens is 4. The van der Waals surface area contributed by atoms with Crippen LogP contribution in [0.15, 0.2) is 18.3 Å². The lowest BCUT2D eigenvalue weighted by Crippen LogP contribution is -2.36. The van der Waals surface area contributed by atoms with E-state index in [9.17, 15) is 9.59 Å². The number of aromatic amines is 1. The van der Waals surface area contributed by atoms with Crippen molar-refractivity contribution in [3.05, 3.63) is 29.7 Å². The normalized spacial score (nSPS) is 22.6. The highest BCUT2D eigenvalue weighted by molar-refractivity contribution is 5.91. The van der Waals surface area contributed by atoms with E-state index in [1.807, 2.05) is 26.1 Å². The van der Waals surface area contributed by atoms with Crippen LogP contribution in [0, 0.1) is 0 Å². The van der Waals surface area contributed by atoms with Gasteiger partial charge in [0.05, 0.1) is 12.1 Å². The molecule has 0 saturated heterocycles. The van der Waals surface area contributed by atoms with E-state index in [4.69, 9.17) is 4.74 Å². The minimum absolute atomic E-state index is 0.0686. The molecule has 9 heteroatoms. The van der Waals surface area contributed by atoms with E-state index < -0.39 is 0 Å². The van der Waals surface area contributed by atoms with Gasteiger partial charge in [-0.2, -0.15) is 10.2 Å². The maximum Gasteiger partial charge on any atom is 0.407 e. The number of carbonyl (C=O) groups is 2. The number of hydrogen-bond donors (Lipinski definition) is 3. The van der Waals surface area contributed by atoms with Gasteiger partial charge >= 0.3 is 6.09 Å². The van der Waals surface area contributed by atoms with Crippen molar-refractivity contribution in [3.8, 4) is 0 Å². The number of rotatable bonds is 6. The number of nitrogens with zero attached hydrogens (tertiary/aromatic N) is 3. The smallest absolute Gasteiger partial charge is 0.407 e. The van der Waals surface area contributed by atoms with Crippen molar-refractivity contribution < 1.29 is 14.3 Å². The molecule has 2 aliphatic carbocycles. The van der Waals surface area contributed by atoms with E-state index in [2.05, 4.69) is 25.9 Å². The Kier molecular flexibility index (Phi) is 4.82. The van der Waals surface area contributed by atoms with Gasteiger partial charge in [-0.3, -0.25) is 14.6 Å². The molecule has 2 unspecified atom stereocenters. The Balaban J connectivity index is 1.26. The Morgan fingerprint density at radius 2 is 2.21 bits per heavy atom. The lowest BCUT2D eigenvalue weighted by atomic mass is 10.0. The number of carbonyl (C=O) groups excluding carboxylic acids is 2. The highest BCUT2D eigenvalue weighted by Gasteiger charge is 2.40. The number of anilines is 1. The molecule has 2 aromatic rings. The van der Waals surface area contributed by atoms with E-state index in [0.717, 1.165) is 37.8 Å². The molecule has 0 bridgehead atoms. The molecule has 4 rings (SSSR count). The van der Waals surface area contributed by atoms with Crippen LogP contribution in [0.5, 0.6) is 0 Å². The zero-order valence-corrected chi connectivity index (χ0v) is 16.2. The summed E-state index contributed by atoms with van der Waals surface area (Å²) >= 11 is 0. The molecule has 2 heterocycles. The van der Waals surface area contributed by atoms with Crippen LogP contribution in [-0.4, -0.2) is 43.6 Å². The summed E-state index contributed by atoms with van der Waals surface area (Å²) in [5, 5.41) is 17.1. The maximum atomic E-state index is 12.1. The van der Waals surface area contributed by atoms with Crippen molar-refractivity contribution >= 4 is 17.8 Å². The zero-order valence-electron chi connectivity index (χ0n) is 16.2. The van der Waals surface area contributed by atoms with Crippen LogP contribution < -0.4 is 10.6 Å². The van der Waals surface area contributed by atoms with E-state index in [0.29, 0.717) is 11.5 Å². The monoisotopic (exact) mass is 386 g/mol. The quantitative estimate of drug-likeness (QED) is 0.704. The van der Waals surface area contributed by atoms with Crippen molar-refractivity contribution in [2.75, 3.05) is 5.32 Å². The van der Waals surface area contributed by atoms with Crippen LogP contribution in [0.25, 0.3) is 0 Å². The third kappa shape index (κ3) is 4.52. The molecule has 2 aliphatic rings. The highest BCUT2D eigenvalue weighted by atomic mass is 16.6. The second kappa shape index (κ2) is 7.29. The van der Waals surface area contributed by atoms with Crippen molar-refractivity contribution in [1.29, 1.82) is 0 Å². The van der Waals surface area contributed by atoms with E-state index >= 15 is 0 Å². The van der Waals surface area contributed by atoms with Crippen LogP contribution in [0.1, 0.15) is 56.3 Å². The van der Waals surface area contributed by atoms with E-state index in [1.54, 1.807) is 10.9 Å². The van der Waals surface area contributed by atoms with E-state index in [-0.39, 0.29) is 36.0 Å². The summed E-state index contributed by atoms with van der Waals surface area (Å²) in [6, 6.07) is 3.67. The number of nitrogens with one attached hydrogen (secondary N) is 3. The van der Waals surface area contributed by atoms with Gasteiger partial charge in [-0.25, -0.2) is 4.79 Å². The number of amides is 2. The first-order valence-corrected chi connectivity index (χ1v) is 9.71. The fraction of sp³-hybridized carbons (Fsp3) is 0.579. The molecule has 2 aromatic heterocycles. The van der Waals surface area contributed by atoms with Crippen molar-refractivity contribution in [2.45, 2.75) is 63.0 Å². The van der Waals surface area contributed by atoms with Gasteiger partial charge in [0.1, 0.15) is 6.10 Å². The Labute approximate surface area is 163 Å². The second-order valence-electron chi connectivity index (χ2n) is 8.14. The molecule has 3 N–H and O–H groups in total. The summed E-state index contributed by atoms with van der Waals surface area (Å²) in [5.41, 5.74) is 1.60. The number of H-pyrrole nitrogens is 1.